The predicted octanol–water partition coefficient (Wildman–Crippen LogP) is 13.4. The zero-order valence-electron chi connectivity index (χ0n) is 30.5. The molecule has 266 valence electrons. The lowest BCUT2D eigenvalue weighted by molar-refractivity contribution is 1.07. The Morgan fingerprint density at radius 2 is 0.860 bits per heavy atom. The minimum absolute atomic E-state index is 0.643. The van der Waals surface area contributed by atoms with Crippen molar-refractivity contribution in [1.29, 1.82) is 0 Å². The Labute approximate surface area is 331 Å². The first kappa shape index (κ1) is 31.9. The number of hydrogen-bond donors (Lipinski definition) is 0. The molecule has 4 heterocycles. The molecule has 12 aromatic rings. The quantitative estimate of drug-likeness (QED) is 0.176. The van der Waals surface area contributed by atoms with Crippen LogP contribution in [0.3, 0.4) is 0 Å². The second-order valence-electron chi connectivity index (χ2n) is 14.4. The van der Waals surface area contributed by atoms with Gasteiger partial charge >= 0.3 is 0 Å². The molecule has 0 saturated heterocycles. The van der Waals surface area contributed by atoms with Crippen LogP contribution >= 0.6 is 11.3 Å². The Morgan fingerprint density at radius 1 is 0.333 bits per heavy atom. The average Bonchev–Trinajstić information content (AvgIpc) is 3.94. The van der Waals surface area contributed by atoms with Crippen LogP contribution in [0.4, 0.5) is 0 Å². The Hall–Kier alpha value is -7.41. The number of nitrogens with zero attached hydrogens (tertiary/aromatic N) is 5. The third-order valence-corrected chi connectivity index (χ3v) is 12.4. The Bertz CT molecular complexity index is 3400. The second-order valence-corrected chi connectivity index (χ2v) is 15.5. The van der Waals surface area contributed by atoms with E-state index in [1.165, 1.54) is 52.9 Å². The van der Waals surface area contributed by atoms with Gasteiger partial charge in [0.1, 0.15) is 0 Å². The van der Waals surface area contributed by atoms with Gasteiger partial charge in [-0.1, -0.05) is 121 Å². The number of para-hydroxylation sites is 3. The topological polar surface area (TPSA) is 48.5 Å². The third-order valence-electron chi connectivity index (χ3n) is 11.2. The van der Waals surface area contributed by atoms with Crippen molar-refractivity contribution in [1.82, 2.24) is 24.1 Å². The Kier molecular flexibility index (Phi) is 7.03. The highest BCUT2D eigenvalue weighted by Crippen LogP contribution is 2.45. The predicted molar refractivity (Wildman–Crippen MR) is 238 cm³/mol. The van der Waals surface area contributed by atoms with Gasteiger partial charge in [-0.3, -0.25) is 0 Å². The maximum Gasteiger partial charge on any atom is 0.164 e. The van der Waals surface area contributed by atoms with E-state index in [0.717, 1.165) is 39.0 Å². The second kappa shape index (κ2) is 12.6. The minimum Gasteiger partial charge on any atom is -0.309 e. The van der Waals surface area contributed by atoms with Gasteiger partial charge in [0.15, 0.2) is 17.5 Å². The van der Waals surface area contributed by atoms with Crippen LogP contribution < -0.4 is 0 Å². The normalized spacial score (nSPS) is 11.9. The molecule has 0 aliphatic carbocycles. The highest BCUT2D eigenvalue weighted by molar-refractivity contribution is 7.26. The lowest BCUT2D eigenvalue weighted by Gasteiger charge is -2.09. The van der Waals surface area contributed by atoms with Gasteiger partial charge in [-0.05, 0) is 66.7 Å². The van der Waals surface area contributed by atoms with Crippen molar-refractivity contribution in [2.24, 2.45) is 0 Å². The van der Waals surface area contributed by atoms with Crippen molar-refractivity contribution < 1.29 is 0 Å². The fourth-order valence-corrected chi connectivity index (χ4v) is 9.84. The molecule has 8 aromatic carbocycles. The molecule has 0 spiro atoms. The standard InChI is InChI=1S/C51H31N5S/c1-4-14-32(15-5-1)49-52-50(33-16-6-2-7-17-33)54-51(53-49)34-24-27-44-41(30-34)47-45(55(44)35-18-8-3-9-19-35)28-26-39-40-31-36(25-29-46(40)57-48(39)47)56-42-22-12-10-20-37(42)38-21-11-13-23-43(38)56/h1-31H. The molecule has 0 aliphatic heterocycles. The minimum atomic E-state index is 0.643. The molecule has 5 nitrogen and oxygen atoms in total. The van der Waals surface area contributed by atoms with Crippen LogP contribution in [-0.2, 0) is 0 Å². The maximum absolute atomic E-state index is 5.10. The number of hydrogen-bond acceptors (Lipinski definition) is 4. The first-order chi connectivity index (χ1) is 28.3. The summed E-state index contributed by atoms with van der Waals surface area (Å²) in [6.07, 6.45) is 0. The molecule has 57 heavy (non-hydrogen) atoms. The van der Waals surface area contributed by atoms with E-state index in [4.69, 9.17) is 15.0 Å². The molecule has 0 atom stereocenters. The zero-order chi connectivity index (χ0) is 37.5. The SMILES string of the molecule is c1ccc(-c2nc(-c3ccccc3)nc(-c3ccc4c(c3)c3c5sc6ccc(-n7c8ccccc8c8ccccc87)cc6c5ccc3n4-c3ccccc3)n2)cc1. The molecule has 6 heteroatoms. The molecule has 0 saturated carbocycles. The van der Waals surface area contributed by atoms with Gasteiger partial charge in [0, 0.05) is 69.8 Å². The highest BCUT2D eigenvalue weighted by atomic mass is 32.1. The Morgan fingerprint density at radius 3 is 1.51 bits per heavy atom. The molecular formula is C51H31N5S. The van der Waals surface area contributed by atoms with Gasteiger partial charge < -0.3 is 9.13 Å². The highest BCUT2D eigenvalue weighted by Gasteiger charge is 2.21. The molecule has 4 aromatic heterocycles. The number of aromatic nitrogens is 5. The summed E-state index contributed by atoms with van der Waals surface area (Å²) in [5.41, 5.74) is 9.85. The van der Waals surface area contributed by atoms with Gasteiger partial charge in [0.2, 0.25) is 0 Å². The van der Waals surface area contributed by atoms with Crippen LogP contribution in [0.5, 0.6) is 0 Å². The summed E-state index contributed by atoms with van der Waals surface area (Å²) in [5.74, 6) is 1.94. The van der Waals surface area contributed by atoms with Crippen molar-refractivity contribution in [3.8, 4) is 45.5 Å². The number of thiophene rings is 1. The molecule has 0 aliphatic rings. The summed E-state index contributed by atoms with van der Waals surface area (Å²) in [6.45, 7) is 0. The molecule has 0 bridgehead atoms. The van der Waals surface area contributed by atoms with Gasteiger partial charge in [0.05, 0.1) is 22.1 Å². The van der Waals surface area contributed by atoms with Crippen LogP contribution in [0.15, 0.2) is 188 Å². The summed E-state index contributed by atoms with van der Waals surface area (Å²) in [4.78, 5) is 15.1. The maximum atomic E-state index is 5.10. The van der Waals surface area contributed by atoms with Crippen molar-refractivity contribution in [3.63, 3.8) is 0 Å². The summed E-state index contributed by atoms with van der Waals surface area (Å²) >= 11 is 1.87. The summed E-state index contributed by atoms with van der Waals surface area (Å²) < 4.78 is 7.32. The number of rotatable bonds is 5. The average molecular weight is 746 g/mol. The van der Waals surface area contributed by atoms with E-state index in [9.17, 15) is 0 Å². The smallest absolute Gasteiger partial charge is 0.164 e. The fourth-order valence-electron chi connectivity index (χ4n) is 8.60. The van der Waals surface area contributed by atoms with Crippen LogP contribution in [0.2, 0.25) is 0 Å². The van der Waals surface area contributed by atoms with Crippen molar-refractivity contribution in [3.05, 3.63) is 188 Å². The van der Waals surface area contributed by atoms with Crippen LogP contribution in [-0.4, -0.2) is 24.1 Å². The monoisotopic (exact) mass is 745 g/mol. The molecule has 0 N–H and O–H groups in total. The van der Waals surface area contributed by atoms with Crippen molar-refractivity contribution in [2.45, 2.75) is 0 Å². The van der Waals surface area contributed by atoms with Crippen LogP contribution in [0, 0.1) is 0 Å². The van der Waals surface area contributed by atoms with E-state index in [1.807, 2.05) is 47.7 Å². The van der Waals surface area contributed by atoms with E-state index in [-0.39, 0.29) is 0 Å². The third kappa shape index (κ3) is 4.98. The first-order valence-electron chi connectivity index (χ1n) is 19.1. The van der Waals surface area contributed by atoms with Crippen LogP contribution in [0.1, 0.15) is 0 Å². The summed E-state index contributed by atoms with van der Waals surface area (Å²) in [5, 5.41) is 7.42. The lowest BCUT2D eigenvalue weighted by atomic mass is 10.1. The molecule has 12 rings (SSSR count). The molecular weight excluding hydrogens is 715 g/mol. The van der Waals surface area contributed by atoms with Crippen LogP contribution in [0.25, 0.3) is 109 Å². The van der Waals surface area contributed by atoms with Crippen molar-refractivity contribution >= 4 is 75.1 Å². The van der Waals surface area contributed by atoms with Gasteiger partial charge in [-0.15, -0.1) is 11.3 Å². The molecule has 0 radical (unpaired) electrons. The largest absolute Gasteiger partial charge is 0.309 e. The van der Waals surface area contributed by atoms with E-state index in [1.54, 1.807) is 0 Å². The van der Waals surface area contributed by atoms with Gasteiger partial charge in [-0.2, -0.15) is 0 Å². The van der Waals surface area contributed by atoms with E-state index in [0.29, 0.717) is 17.5 Å². The van der Waals surface area contributed by atoms with E-state index < -0.39 is 0 Å². The van der Waals surface area contributed by atoms with E-state index in [2.05, 4.69) is 161 Å². The zero-order valence-corrected chi connectivity index (χ0v) is 31.4. The lowest BCUT2D eigenvalue weighted by Crippen LogP contribution is -2.00. The first-order valence-corrected chi connectivity index (χ1v) is 19.9. The fraction of sp³-hybridized carbons (Fsp3) is 0. The van der Waals surface area contributed by atoms with Gasteiger partial charge in [0.25, 0.3) is 0 Å². The molecule has 0 amide bonds. The molecule has 0 fully saturated rings. The van der Waals surface area contributed by atoms with Gasteiger partial charge in [-0.25, -0.2) is 15.0 Å². The molecule has 0 unspecified atom stereocenters. The van der Waals surface area contributed by atoms with Crippen molar-refractivity contribution in [2.75, 3.05) is 0 Å². The number of fused-ring (bicyclic) bond motifs is 10. The summed E-state index contributed by atoms with van der Waals surface area (Å²) in [7, 11) is 0. The van der Waals surface area contributed by atoms with E-state index >= 15 is 0 Å². The Balaban J connectivity index is 1.12. The summed E-state index contributed by atoms with van der Waals surface area (Å²) in [6, 6.07) is 66.6. The number of benzene rings is 8.